The maximum absolute atomic E-state index is 8.88. The minimum Gasteiger partial charge on any atom is -0.192 e. The Morgan fingerprint density at radius 1 is 1.00 bits per heavy atom. The first-order valence-corrected chi connectivity index (χ1v) is 6.81. The predicted molar refractivity (Wildman–Crippen MR) is 76.5 cm³/mol. The molecule has 0 saturated carbocycles. The fraction of sp³-hybridized carbons (Fsp3) is 0.0714. The molecule has 2 aromatic rings. The number of rotatable bonds is 2. The molecule has 0 aromatic heterocycles. The van der Waals surface area contributed by atoms with Crippen molar-refractivity contribution in [2.45, 2.75) is 16.7 Å². The Labute approximate surface area is 120 Å². The zero-order valence-electron chi connectivity index (χ0n) is 9.58. The second-order valence-electron chi connectivity index (χ2n) is 3.77. The molecular weight excluding hydrogens is 285 g/mol. The maximum Gasteiger partial charge on any atom is 0.0994 e. The van der Waals surface area contributed by atoms with Gasteiger partial charge in [-0.15, -0.1) is 0 Å². The fourth-order valence-corrected chi connectivity index (χ4v) is 2.82. The third kappa shape index (κ3) is 3.00. The summed E-state index contributed by atoms with van der Waals surface area (Å²) in [7, 11) is 0. The second kappa shape index (κ2) is 5.67. The highest BCUT2D eigenvalue weighted by atomic mass is 35.5. The molecule has 2 rings (SSSR count). The van der Waals surface area contributed by atoms with Gasteiger partial charge in [0.05, 0.1) is 21.7 Å². The SMILES string of the molecule is Cc1cc(Sc2ccc(Cl)c(Cl)c2)ccc1C#N. The van der Waals surface area contributed by atoms with E-state index in [-0.39, 0.29) is 0 Å². The van der Waals surface area contributed by atoms with Crippen LogP contribution in [0.3, 0.4) is 0 Å². The van der Waals surface area contributed by atoms with Gasteiger partial charge in [0.1, 0.15) is 0 Å². The molecular formula is C14H9Cl2NS. The standard InChI is InChI=1S/C14H9Cl2NS/c1-9-6-11(3-2-10(9)8-17)18-12-4-5-13(15)14(16)7-12/h2-7H,1H3. The molecule has 0 aliphatic heterocycles. The van der Waals surface area contributed by atoms with Gasteiger partial charge in [-0.2, -0.15) is 5.26 Å². The van der Waals surface area contributed by atoms with E-state index >= 15 is 0 Å². The molecule has 0 N–H and O–H groups in total. The van der Waals surface area contributed by atoms with Gasteiger partial charge in [-0.1, -0.05) is 35.0 Å². The average molecular weight is 294 g/mol. The fourth-order valence-electron chi connectivity index (χ4n) is 1.50. The summed E-state index contributed by atoms with van der Waals surface area (Å²) in [6, 6.07) is 13.4. The van der Waals surface area contributed by atoms with E-state index in [0.717, 1.165) is 15.4 Å². The Kier molecular flexibility index (Phi) is 4.19. The van der Waals surface area contributed by atoms with Crippen molar-refractivity contribution >= 4 is 35.0 Å². The zero-order valence-corrected chi connectivity index (χ0v) is 11.9. The van der Waals surface area contributed by atoms with Gasteiger partial charge in [-0.05, 0) is 48.9 Å². The van der Waals surface area contributed by atoms with Crippen LogP contribution in [0.25, 0.3) is 0 Å². The van der Waals surface area contributed by atoms with Crippen molar-refractivity contribution in [3.05, 3.63) is 57.6 Å². The van der Waals surface area contributed by atoms with Crippen LogP contribution in [-0.2, 0) is 0 Å². The minimum absolute atomic E-state index is 0.548. The van der Waals surface area contributed by atoms with Gasteiger partial charge in [0.15, 0.2) is 0 Å². The normalized spacial score (nSPS) is 10.1. The number of nitriles is 1. The Morgan fingerprint density at radius 3 is 2.28 bits per heavy atom. The van der Waals surface area contributed by atoms with E-state index in [2.05, 4.69) is 6.07 Å². The highest BCUT2D eigenvalue weighted by Crippen LogP contribution is 2.33. The summed E-state index contributed by atoms with van der Waals surface area (Å²) in [4.78, 5) is 2.10. The second-order valence-corrected chi connectivity index (χ2v) is 5.73. The molecule has 0 aliphatic carbocycles. The van der Waals surface area contributed by atoms with Crippen molar-refractivity contribution in [3.63, 3.8) is 0 Å². The number of nitrogens with zero attached hydrogens (tertiary/aromatic N) is 1. The molecule has 2 aromatic carbocycles. The lowest BCUT2D eigenvalue weighted by Crippen LogP contribution is -1.82. The molecule has 18 heavy (non-hydrogen) atoms. The summed E-state index contributed by atoms with van der Waals surface area (Å²) in [5.41, 5.74) is 1.68. The van der Waals surface area contributed by atoms with Gasteiger partial charge in [-0.3, -0.25) is 0 Å². The van der Waals surface area contributed by atoms with E-state index in [4.69, 9.17) is 28.5 Å². The summed E-state index contributed by atoms with van der Waals surface area (Å²) in [5, 5.41) is 9.98. The molecule has 0 amide bonds. The lowest BCUT2D eigenvalue weighted by atomic mass is 10.1. The van der Waals surface area contributed by atoms with Crippen molar-refractivity contribution < 1.29 is 0 Å². The minimum atomic E-state index is 0.548. The van der Waals surface area contributed by atoms with Crippen molar-refractivity contribution in [3.8, 4) is 6.07 Å². The van der Waals surface area contributed by atoms with E-state index in [0.29, 0.717) is 15.6 Å². The quantitative estimate of drug-likeness (QED) is 0.748. The van der Waals surface area contributed by atoms with E-state index in [1.54, 1.807) is 17.8 Å². The monoisotopic (exact) mass is 293 g/mol. The first kappa shape index (κ1) is 13.3. The highest BCUT2D eigenvalue weighted by molar-refractivity contribution is 7.99. The van der Waals surface area contributed by atoms with Gasteiger partial charge in [0.25, 0.3) is 0 Å². The van der Waals surface area contributed by atoms with E-state index in [1.807, 2.05) is 37.3 Å². The molecule has 0 unspecified atom stereocenters. The molecule has 90 valence electrons. The van der Waals surface area contributed by atoms with Crippen molar-refractivity contribution in [2.24, 2.45) is 0 Å². The van der Waals surface area contributed by atoms with Gasteiger partial charge in [0, 0.05) is 9.79 Å². The van der Waals surface area contributed by atoms with Crippen LogP contribution < -0.4 is 0 Å². The maximum atomic E-state index is 8.88. The molecule has 0 bridgehead atoms. The van der Waals surface area contributed by atoms with Gasteiger partial charge in [0.2, 0.25) is 0 Å². The Morgan fingerprint density at radius 2 is 1.67 bits per heavy atom. The molecule has 0 atom stereocenters. The molecule has 0 heterocycles. The third-order valence-electron chi connectivity index (χ3n) is 2.45. The zero-order chi connectivity index (χ0) is 13.1. The molecule has 0 spiro atoms. The lowest BCUT2D eigenvalue weighted by Gasteiger charge is -2.05. The molecule has 0 saturated heterocycles. The van der Waals surface area contributed by atoms with Crippen LogP contribution >= 0.6 is 35.0 Å². The number of halogens is 2. The summed E-state index contributed by atoms with van der Waals surface area (Å²) in [6.45, 7) is 1.93. The Hall–Kier alpha value is -1.14. The van der Waals surface area contributed by atoms with E-state index in [9.17, 15) is 0 Å². The van der Waals surface area contributed by atoms with Crippen LogP contribution in [0.2, 0.25) is 10.0 Å². The first-order valence-electron chi connectivity index (χ1n) is 5.24. The van der Waals surface area contributed by atoms with E-state index in [1.165, 1.54) is 0 Å². The molecule has 1 nitrogen and oxygen atoms in total. The third-order valence-corrected chi connectivity index (χ3v) is 4.16. The summed E-state index contributed by atoms with van der Waals surface area (Å²) < 4.78 is 0. The van der Waals surface area contributed by atoms with Crippen LogP contribution in [0.15, 0.2) is 46.2 Å². The van der Waals surface area contributed by atoms with Crippen LogP contribution in [0.1, 0.15) is 11.1 Å². The van der Waals surface area contributed by atoms with Gasteiger partial charge < -0.3 is 0 Å². The largest absolute Gasteiger partial charge is 0.192 e. The van der Waals surface area contributed by atoms with Crippen LogP contribution in [0.4, 0.5) is 0 Å². The van der Waals surface area contributed by atoms with Crippen LogP contribution in [-0.4, -0.2) is 0 Å². The summed E-state index contributed by atoms with van der Waals surface area (Å²) in [6.07, 6.45) is 0. The summed E-state index contributed by atoms with van der Waals surface area (Å²) >= 11 is 13.4. The molecule has 0 radical (unpaired) electrons. The molecule has 0 fully saturated rings. The van der Waals surface area contributed by atoms with E-state index < -0.39 is 0 Å². The Bertz CT molecular complexity index is 632. The number of hydrogen-bond acceptors (Lipinski definition) is 2. The number of aryl methyl sites for hydroxylation is 1. The lowest BCUT2D eigenvalue weighted by molar-refractivity contribution is 1.31. The van der Waals surface area contributed by atoms with Crippen LogP contribution in [0, 0.1) is 18.3 Å². The highest BCUT2D eigenvalue weighted by Gasteiger charge is 2.04. The van der Waals surface area contributed by atoms with Gasteiger partial charge in [-0.25, -0.2) is 0 Å². The molecule has 4 heteroatoms. The van der Waals surface area contributed by atoms with Crippen molar-refractivity contribution in [1.29, 1.82) is 5.26 Å². The van der Waals surface area contributed by atoms with Crippen LogP contribution in [0.5, 0.6) is 0 Å². The topological polar surface area (TPSA) is 23.8 Å². The smallest absolute Gasteiger partial charge is 0.0994 e. The first-order chi connectivity index (χ1) is 8.60. The predicted octanol–water partition coefficient (Wildman–Crippen LogP) is 5.32. The Balaban J connectivity index is 2.26. The van der Waals surface area contributed by atoms with Crippen molar-refractivity contribution in [2.75, 3.05) is 0 Å². The molecule has 0 aliphatic rings. The van der Waals surface area contributed by atoms with Gasteiger partial charge >= 0.3 is 0 Å². The number of benzene rings is 2. The summed E-state index contributed by atoms with van der Waals surface area (Å²) in [5.74, 6) is 0. The number of hydrogen-bond donors (Lipinski definition) is 0. The average Bonchev–Trinajstić information content (AvgIpc) is 2.34. The van der Waals surface area contributed by atoms with Crippen molar-refractivity contribution in [1.82, 2.24) is 0 Å².